The van der Waals surface area contributed by atoms with Crippen LogP contribution >= 0.6 is 23.2 Å². The fourth-order valence-corrected chi connectivity index (χ4v) is 3.94. The molecule has 2 atom stereocenters. The summed E-state index contributed by atoms with van der Waals surface area (Å²) < 4.78 is 23.4. The van der Waals surface area contributed by atoms with Crippen molar-refractivity contribution in [3.8, 4) is 0 Å². The largest absolute Gasteiger partial charge is 0.340 e. The molecule has 7 heteroatoms. The molecule has 4 nitrogen and oxygen atoms in total. The van der Waals surface area contributed by atoms with Crippen LogP contribution in [0, 0.1) is 0 Å². The number of nitrogens with zero attached hydrogens (tertiary/aromatic N) is 1. The molecular formula is C14H17Cl2NO3S. The highest BCUT2D eigenvalue weighted by Gasteiger charge is 2.33. The number of rotatable bonds is 2. The standard InChI is InChI=1S/C14H17Cl2NO3S/c1-9-8-17(5-6-21(9,19)20)14(18)10(2)11-3-4-12(15)13(16)7-11/h3-4,7,9-10H,5-6,8H2,1-2H3. The first kappa shape index (κ1) is 16.6. The molecule has 1 saturated heterocycles. The highest BCUT2D eigenvalue weighted by atomic mass is 35.5. The summed E-state index contributed by atoms with van der Waals surface area (Å²) in [6.07, 6.45) is 0. The molecule has 0 aliphatic carbocycles. The van der Waals surface area contributed by atoms with Crippen molar-refractivity contribution in [1.82, 2.24) is 4.90 Å². The fraction of sp³-hybridized carbons (Fsp3) is 0.500. The average molecular weight is 350 g/mol. The number of hydrogen-bond acceptors (Lipinski definition) is 3. The lowest BCUT2D eigenvalue weighted by atomic mass is 9.99. The third-order valence-electron chi connectivity index (χ3n) is 3.86. The number of carbonyl (C=O) groups is 1. The van der Waals surface area contributed by atoms with Crippen molar-refractivity contribution < 1.29 is 13.2 Å². The zero-order valence-electron chi connectivity index (χ0n) is 11.8. The maximum Gasteiger partial charge on any atom is 0.229 e. The molecule has 0 spiro atoms. The molecule has 0 aromatic heterocycles. The van der Waals surface area contributed by atoms with Crippen molar-refractivity contribution in [3.05, 3.63) is 33.8 Å². The Bertz CT molecular complexity index is 660. The van der Waals surface area contributed by atoms with Gasteiger partial charge in [-0.05, 0) is 31.5 Å². The Balaban J connectivity index is 2.14. The summed E-state index contributed by atoms with van der Waals surface area (Å²) in [5.74, 6) is -0.448. The molecule has 0 radical (unpaired) electrons. The second-order valence-electron chi connectivity index (χ2n) is 5.36. The van der Waals surface area contributed by atoms with Crippen molar-refractivity contribution in [2.75, 3.05) is 18.8 Å². The smallest absolute Gasteiger partial charge is 0.229 e. The van der Waals surface area contributed by atoms with Crippen LogP contribution in [0.3, 0.4) is 0 Å². The number of sulfone groups is 1. The van der Waals surface area contributed by atoms with E-state index in [2.05, 4.69) is 0 Å². The minimum atomic E-state index is -3.06. The quantitative estimate of drug-likeness (QED) is 0.824. The molecule has 1 aliphatic rings. The fourth-order valence-electron chi connectivity index (χ4n) is 2.35. The monoisotopic (exact) mass is 349 g/mol. The van der Waals surface area contributed by atoms with Gasteiger partial charge in [0.25, 0.3) is 0 Å². The minimum absolute atomic E-state index is 0.0218. The van der Waals surface area contributed by atoms with Crippen LogP contribution in [-0.4, -0.2) is 43.3 Å². The van der Waals surface area contributed by atoms with Crippen molar-refractivity contribution in [2.24, 2.45) is 0 Å². The van der Waals surface area contributed by atoms with E-state index < -0.39 is 15.1 Å². The van der Waals surface area contributed by atoms with Gasteiger partial charge in [0.05, 0.1) is 27.0 Å². The van der Waals surface area contributed by atoms with Crippen LogP contribution in [0.4, 0.5) is 0 Å². The van der Waals surface area contributed by atoms with Gasteiger partial charge in [-0.1, -0.05) is 29.3 Å². The summed E-state index contributed by atoms with van der Waals surface area (Å²) in [5, 5.41) is 0.331. The molecule has 2 rings (SSSR count). The Labute approximate surface area is 134 Å². The Morgan fingerprint density at radius 3 is 2.57 bits per heavy atom. The van der Waals surface area contributed by atoms with Crippen molar-refractivity contribution in [1.29, 1.82) is 0 Å². The van der Waals surface area contributed by atoms with E-state index in [-0.39, 0.29) is 30.7 Å². The van der Waals surface area contributed by atoms with Gasteiger partial charge in [0.15, 0.2) is 9.84 Å². The molecule has 1 aliphatic heterocycles. The van der Waals surface area contributed by atoms with Gasteiger partial charge in [0.2, 0.25) is 5.91 Å². The summed E-state index contributed by atoms with van der Waals surface area (Å²) in [5.41, 5.74) is 0.774. The van der Waals surface area contributed by atoms with E-state index in [0.717, 1.165) is 5.56 Å². The van der Waals surface area contributed by atoms with E-state index in [1.165, 1.54) is 0 Å². The zero-order chi connectivity index (χ0) is 15.8. The Morgan fingerprint density at radius 2 is 2.00 bits per heavy atom. The molecule has 0 N–H and O–H groups in total. The molecule has 1 amide bonds. The molecule has 1 fully saturated rings. The van der Waals surface area contributed by atoms with Crippen LogP contribution in [0.25, 0.3) is 0 Å². The van der Waals surface area contributed by atoms with E-state index in [9.17, 15) is 13.2 Å². The zero-order valence-corrected chi connectivity index (χ0v) is 14.2. The van der Waals surface area contributed by atoms with Crippen LogP contribution in [0.5, 0.6) is 0 Å². The van der Waals surface area contributed by atoms with Crippen molar-refractivity contribution in [2.45, 2.75) is 25.0 Å². The minimum Gasteiger partial charge on any atom is -0.340 e. The van der Waals surface area contributed by atoms with E-state index in [1.54, 1.807) is 36.9 Å². The SMILES string of the molecule is CC(C(=O)N1CCS(=O)(=O)C(C)C1)c1ccc(Cl)c(Cl)c1. The van der Waals surface area contributed by atoms with Crippen LogP contribution < -0.4 is 0 Å². The Hall–Kier alpha value is -0.780. The molecule has 21 heavy (non-hydrogen) atoms. The molecule has 2 unspecified atom stereocenters. The van der Waals surface area contributed by atoms with Crippen LogP contribution in [-0.2, 0) is 14.6 Å². The predicted octanol–water partition coefficient (Wildman–Crippen LogP) is 2.74. The molecule has 0 bridgehead atoms. The average Bonchev–Trinajstić information content (AvgIpc) is 2.43. The number of amides is 1. The van der Waals surface area contributed by atoms with Crippen molar-refractivity contribution in [3.63, 3.8) is 0 Å². The maximum absolute atomic E-state index is 12.5. The summed E-state index contributed by atoms with van der Waals surface area (Å²) in [4.78, 5) is 14.1. The third-order valence-corrected chi connectivity index (χ3v) is 6.73. The van der Waals surface area contributed by atoms with Gasteiger partial charge in [-0.25, -0.2) is 8.42 Å². The first-order valence-electron chi connectivity index (χ1n) is 6.67. The topological polar surface area (TPSA) is 54.5 Å². The number of halogens is 2. The van der Waals surface area contributed by atoms with Gasteiger partial charge in [-0.2, -0.15) is 0 Å². The van der Waals surface area contributed by atoms with Crippen LogP contribution in [0.2, 0.25) is 10.0 Å². The lowest BCUT2D eigenvalue weighted by Crippen LogP contribution is -2.49. The molecule has 0 saturated carbocycles. The summed E-state index contributed by atoms with van der Waals surface area (Å²) in [6, 6.07) is 5.10. The first-order valence-corrected chi connectivity index (χ1v) is 9.15. The summed E-state index contributed by atoms with van der Waals surface area (Å²) in [6.45, 7) is 3.91. The van der Waals surface area contributed by atoms with Crippen LogP contribution in [0.15, 0.2) is 18.2 Å². The summed E-state index contributed by atoms with van der Waals surface area (Å²) >= 11 is 11.8. The van der Waals surface area contributed by atoms with Gasteiger partial charge in [-0.3, -0.25) is 4.79 Å². The lowest BCUT2D eigenvalue weighted by molar-refractivity contribution is -0.132. The lowest BCUT2D eigenvalue weighted by Gasteiger charge is -2.32. The maximum atomic E-state index is 12.5. The Morgan fingerprint density at radius 1 is 1.33 bits per heavy atom. The van der Waals surface area contributed by atoms with E-state index >= 15 is 0 Å². The van der Waals surface area contributed by atoms with Gasteiger partial charge >= 0.3 is 0 Å². The normalized spacial score (nSPS) is 22.9. The van der Waals surface area contributed by atoms with Gasteiger partial charge in [0, 0.05) is 13.1 Å². The second-order valence-corrected chi connectivity index (χ2v) is 8.71. The summed E-state index contributed by atoms with van der Waals surface area (Å²) in [7, 11) is -3.06. The number of carbonyl (C=O) groups excluding carboxylic acids is 1. The predicted molar refractivity (Wildman–Crippen MR) is 84.7 cm³/mol. The highest BCUT2D eigenvalue weighted by Crippen LogP contribution is 2.28. The third kappa shape index (κ3) is 3.52. The molecule has 1 aromatic carbocycles. The number of benzene rings is 1. The van der Waals surface area contributed by atoms with Crippen molar-refractivity contribution >= 4 is 38.9 Å². The molecular weight excluding hydrogens is 333 g/mol. The van der Waals surface area contributed by atoms with Gasteiger partial charge in [-0.15, -0.1) is 0 Å². The van der Waals surface area contributed by atoms with Gasteiger partial charge in [0.1, 0.15) is 0 Å². The number of hydrogen-bond donors (Lipinski definition) is 0. The van der Waals surface area contributed by atoms with E-state index in [0.29, 0.717) is 10.0 Å². The van der Waals surface area contributed by atoms with Gasteiger partial charge < -0.3 is 4.90 Å². The highest BCUT2D eigenvalue weighted by molar-refractivity contribution is 7.92. The van der Waals surface area contributed by atoms with E-state index in [1.807, 2.05) is 0 Å². The molecule has 116 valence electrons. The Kier molecular flexibility index (Phi) is 4.85. The molecule has 1 heterocycles. The molecule has 1 aromatic rings. The van der Waals surface area contributed by atoms with Crippen LogP contribution in [0.1, 0.15) is 25.3 Å². The van der Waals surface area contributed by atoms with E-state index in [4.69, 9.17) is 23.2 Å². The second kappa shape index (κ2) is 6.15. The first-order chi connectivity index (χ1) is 9.72.